The third kappa shape index (κ3) is 6.25. The average molecular weight is 342 g/mol. The Labute approximate surface area is 151 Å². The molecule has 1 heterocycles. The molecule has 2 aromatic rings. The van der Waals surface area contributed by atoms with E-state index in [1.165, 1.54) is 16.7 Å². The van der Waals surface area contributed by atoms with Crippen LogP contribution in [0, 0.1) is 0 Å². The van der Waals surface area contributed by atoms with Crippen LogP contribution in [0.2, 0.25) is 0 Å². The molecule has 5 nitrogen and oxygen atoms in total. The molecule has 2 rings (SSSR count). The summed E-state index contributed by atoms with van der Waals surface area (Å²) in [6, 6.07) is 8.91. The molecule has 0 bridgehead atoms. The average Bonchev–Trinajstić information content (AvgIpc) is 2.98. The van der Waals surface area contributed by atoms with Crippen LogP contribution >= 0.6 is 0 Å². The Bertz CT molecular complexity index is 677. The van der Waals surface area contributed by atoms with Crippen LogP contribution in [0.5, 0.6) is 0 Å². The molecule has 1 aromatic carbocycles. The van der Waals surface area contributed by atoms with Crippen LogP contribution in [0.3, 0.4) is 0 Å². The van der Waals surface area contributed by atoms with Gasteiger partial charge in [-0.2, -0.15) is 5.10 Å². The second kappa shape index (κ2) is 8.70. The van der Waals surface area contributed by atoms with Crippen LogP contribution < -0.4 is 10.6 Å². The maximum Gasteiger partial charge on any atom is 0.190 e. The van der Waals surface area contributed by atoms with Gasteiger partial charge in [0.15, 0.2) is 5.96 Å². The molecule has 0 fully saturated rings. The lowest BCUT2D eigenvalue weighted by Crippen LogP contribution is -2.39. The van der Waals surface area contributed by atoms with Crippen molar-refractivity contribution in [1.29, 1.82) is 0 Å². The third-order valence-electron chi connectivity index (χ3n) is 4.21. The summed E-state index contributed by atoms with van der Waals surface area (Å²) in [5.41, 5.74) is 4.14. The molecule has 0 saturated carbocycles. The number of aromatic nitrogens is 2. The highest BCUT2D eigenvalue weighted by molar-refractivity contribution is 5.79. The molecule has 0 aliphatic rings. The molecule has 0 amide bonds. The van der Waals surface area contributed by atoms with Gasteiger partial charge in [-0.1, -0.05) is 45.0 Å². The molecule has 5 heteroatoms. The van der Waals surface area contributed by atoms with E-state index >= 15 is 0 Å². The fourth-order valence-corrected chi connectivity index (χ4v) is 2.64. The van der Waals surface area contributed by atoms with Gasteiger partial charge in [0.1, 0.15) is 0 Å². The lowest BCUT2D eigenvalue weighted by Gasteiger charge is -2.19. The second-order valence-corrected chi connectivity index (χ2v) is 7.39. The number of benzene rings is 1. The molecular weight excluding hydrogens is 310 g/mol. The van der Waals surface area contributed by atoms with Crippen molar-refractivity contribution in [2.45, 2.75) is 39.0 Å². The van der Waals surface area contributed by atoms with Crippen molar-refractivity contribution in [2.24, 2.45) is 12.0 Å². The van der Waals surface area contributed by atoms with Gasteiger partial charge in [-0.15, -0.1) is 0 Å². The monoisotopic (exact) mass is 341 g/mol. The summed E-state index contributed by atoms with van der Waals surface area (Å²) >= 11 is 0. The zero-order valence-corrected chi connectivity index (χ0v) is 16.1. The predicted molar refractivity (Wildman–Crippen MR) is 105 cm³/mol. The number of aliphatic imine (C=N–C) groups is 1. The Kier molecular flexibility index (Phi) is 6.62. The van der Waals surface area contributed by atoms with E-state index in [-0.39, 0.29) is 5.41 Å². The van der Waals surface area contributed by atoms with Crippen LogP contribution in [0.1, 0.15) is 37.5 Å². The molecule has 0 aliphatic heterocycles. The Hall–Kier alpha value is -2.30. The quantitative estimate of drug-likeness (QED) is 0.627. The molecule has 136 valence electrons. The van der Waals surface area contributed by atoms with E-state index in [1.54, 1.807) is 7.05 Å². The number of hydrogen-bond donors (Lipinski definition) is 2. The molecule has 1 aromatic heterocycles. The Morgan fingerprint density at radius 1 is 1.04 bits per heavy atom. The number of hydrogen-bond acceptors (Lipinski definition) is 2. The molecule has 2 N–H and O–H groups in total. The van der Waals surface area contributed by atoms with Gasteiger partial charge in [0.2, 0.25) is 0 Å². The van der Waals surface area contributed by atoms with Gasteiger partial charge < -0.3 is 10.6 Å². The molecule has 0 unspecified atom stereocenters. The van der Waals surface area contributed by atoms with E-state index in [1.807, 2.05) is 24.1 Å². The van der Waals surface area contributed by atoms with Crippen molar-refractivity contribution in [1.82, 2.24) is 20.4 Å². The number of nitrogens with zero attached hydrogens (tertiary/aromatic N) is 3. The highest BCUT2D eigenvalue weighted by atomic mass is 15.2. The predicted octanol–water partition coefficient (Wildman–Crippen LogP) is 2.67. The van der Waals surface area contributed by atoms with Crippen LogP contribution in [0.25, 0.3) is 0 Å². The second-order valence-electron chi connectivity index (χ2n) is 7.39. The standard InChI is InChI=1S/C20H31N5/c1-20(2,3)18-8-6-16(7-9-18)10-12-22-19(21-4)23-13-11-17-14-24-25(5)15-17/h6-9,14-15H,10-13H2,1-5H3,(H2,21,22,23). The number of rotatable bonds is 6. The first-order chi connectivity index (χ1) is 11.9. The van der Waals surface area contributed by atoms with Gasteiger partial charge in [0, 0.05) is 33.4 Å². The van der Waals surface area contributed by atoms with Crippen molar-refractivity contribution in [3.63, 3.8) is 0 Å². The minimum absolute atomic E-state index is 0.205. The normalized spacial score (nSPS) is 12.3. The first-order valence-corrected chi connectivity index (χ1v) is 8.90. The largest absolute Gasteiger partial charge is 0.356 e. The maximum absolute atomic E-state index is 4.28. The van der Waals surface area contributed by atoms with Crippen LogP contribution in [0.4, 0.5) is 0 Å². The summed E-state index contributed by atoms with van der Waals surface area (Å²) in [4.78, 5) is 4.28. The summed E-state index contributed by atoms with van der Waals surface area (Å²) in [6.07, 6.45) is 5.86. The molecule has 0 radical (unpaired) electrons. The van der Waals surface area contributed by atoms with Gasteiger partial charge in [-0.3, -0.25) is 9.67 Å². The van der Waals surface area contributed by atoms with Crippen molar-refractivity contribution in [2.75, 3.05) is 20.1 Å². The van der Waals surface area contributed by atoms with E-state index in [2.05, 4.69) is 65.8 Å². The van der Waals surface area contributed by atoms with Gasteiger partial charge in [-0.25, -0.2) is 0 Å². The Balaban J connectivity index is 1.71. The molecule has 0 atom stereocenters. The van der Waals surface area contributed by atoms with Crippen molar-refractivity contribution in [3.05, 3.63) is 53.3 Å². The lowest BCUT2D eigenvalue weighted by molar-refractivity contribution is 0.590. The molecule has 0 spiro atoms. The minimum Gasteiger partial charge on any atom is -0.356 e. The topological polar surface area (TPSA) is 54.2 Å². The fourth-order valence-electron chi connectivity index (χ4n) is 2.64. The van der Waals surface area contributed by atoms with Crippen LogP contribution in [-0.2, 0) is 25.3 Å². The van der Waals surface area contributed by atoms with E-state index in [9.17, 15) is 0 Å². The van der Waals surface area contributed by atoms with Gasteiger partial charge in [-0.05, 0) is 34.9 Å². The maximum atomic E-state index is 4.28. The molecule has 0 aliphatic carbocycles. The van der Waals surface area contributed by atoms with Gasteiger partial charge >= 0.3 is 0 Å². The zero-order chi connectivity index (χ0) is 18.3. The van der Waals surface area contributed by atoms with Crippen LogP contribution in [0.15, 0.2) is 41.7 Å². The molecule has 25 heavy (non-hydrogen) atoms. The lowest BCUT2D eigenvalue weighted by atomic mass is 9.86. The molecular formula is C20H31N5. The van der Waals surface area contributed by atoms with Crippen molar-refractivity contribution in [3.8, 4) is 0 Å². The highest BCUT2D eigenvalue weighted by Crippen LogP contribution is 2.22. The number of nitrogens with one attached hydrogen (secondary N) is 2. The summed E-state index contributed by atoms with van der Waals surface area (Å²) in [5.74, 6) is 0.843. The van der Waals surface area contributed by atoms with E-state index in [0.717, 1.165) is 31.9 Å². The summed E-state index contributed by atoms with van der Waals surface area (Å²) in [5, 5.41) is 10.9. The summed E-state index contributed by atoms with van der Waals surface area (Å²) < 4.78 is 1.83. The third-order valence-corrected chi connectivity index (χ3v) is 4.21. The summed E-state index contributed by atoms with van der Waals surface area (Å²) in [6.45, 7) is 8.42. The first-order valence-electron chi connectivity index (χ1n) is 8.90. The Morgan fingerprint density at radius 3 is 2.12 bits per heavy atom. The number of aryl methyl sites for hydroxylation is 1. The smallest absolute Gasteiger partial charge is 0.190 e. The Morgan fingerprint density at radius 2 is 1.64 bits per heavy atom. The van der Waals surface area contributed by atoms with Crippen molar-refractivity contribution >= 4 is 5.96 Å². The zero-order valence-electron chi connectivity index (χ0n) is 16.1. The summed E-state index contributed by atoms with van der Waals surface area (Å²) in [7, 11) is 3.74. The van der Waals surface area contributed by atoms with Crippen LogP contribution in [-0.4, -0.2) is 35.9 Å². The fraction of sp³-hybridized carbons (Fsp3) is 0.500. The van der Waals surface area contributed by atoms with E-state index in [0.29, 0.717) is 0 Å². The van der Waals surface area contributed by atoms with Gasteiger partial charge in [0.25, 0.3) is 0 Å². The highest BCUT2D eigenvalue weighted by Gasteiger charge is 2.12. The number of guanidine groups is 1. The van der Waals surface area contributed by atoms with Gasteiger partial charge in [0.05, 0.1) is 6.20 Å². The van der Waals surface area contributed by atoms with Crippen molar-refractivity contribution < 1.29 is 0 Å². The SMILES string of the molecule is CN=C(NCCc1ccc(C(C)(C)C)cc1)NCCc1cnn(C)c1. The first kappa shape index (κ1) is 19.0. The van der Waals surface area contributed by atoms with E-state index in [4.69, 9.17) is 0 Å². The molecule has 0 saturated heterocycles. The van der Waals surface area contributed by atoms with E-state index < -0.39 is 0 Å². The minimum atomic E-state index is 0.205.